The number of rotatable bonds is 19. The maximum Gasteiger partial charge on any atom is 0.0547 e. The molecule has 0 amide bonds. The van der Waals surface area contributed by atoms with E-state index in [0.717, 1.165) is 79.2 Å². The van der Waals surface area contributed by atoms with Crippen molar-refractivity contribution in [1.82, 2.24) is 0 Å². The number of benzene rings is 23. The summed E-state index contributed by atoms with van der Waals surface area (Å²) in [6, 6.07) is 195. The van der Waals surface area contributed by atoms with Gasteiger partial charge in [-0.05, 0) is 277 Å². The van der Waals surface area contributed by atoms with Crippen molar-refractivity contribution >= 4 is 111 Å². The van der Waals surface area contributed by atoms with Crippen molar-refractivity contribution in [2.24, 2.45) is 0 Å². The van der Waals surface area contributed by atoms with E-state index < -0.39 is 0 Å². The summed E-state index contributed by atoms with van der Waals surface area (Å²) in [5, 5.41) is 9.61. The maximum absolute atomic E-state index is 2.47. The van der Waals surface area contributed by atoms with Crippen LogP contribution < -0.4 is 19.6 Å². The lowest BCUT2D eigenvalue weighted by molar-refractivity contribution is 0.660. The average molecular weight is 1790 g/mol. The fourth-order valence-corrected chi connectivity index (χ4v) is 21.8. The first-order valence-corrected chi connectivity index (χ1v) is 48.6. The standard InChI is InChI=1S/C71H52N2.C65H48N2/c1-71(2)67-25-15-14-24-64(67)65-45-43-61(48-68(65)71)73(60-39-30-54(31-40-60)51-20-10-5-11-21-51)69-47-46-63(70-62-23-13-12-22-55(62)34-44-66(69)70)56-32-41-59(42-33-56)72(57-35-26-52(27-36-57)49-16-6-3-7-17-49)58-37-28-53(29-38-58)50-18-8-4-9-19-50;1-65(2)60-25-15-14-24-57(60)58-41-39-55(44-61(58)65)67(54-37-30-50(31-38-54)47-20-10-5-11-21-47)62-42-43-63(64-56-23-13-12-22-51(56)32-40-59(62)64)66(52-33-26-48(27-34-52)45-16-6-3-7-17-45)53-35-28-49(29-36-53)46-18-8-4-9-19-46/h3-48H,1-2H3;3-44H,1-2H3. The fourth-order valence-electron chi connectivity index (χ4n) is 21.8. The van der Waals surface area contributed by atoms with Gasteiger partial charge in [0.1, 0.15) is 0 Å². The predicted octanol–water partition coefficient (Wildman–Crippen LogP) is 38.1. The minimum atomic E-state index is -0.153. The van der Waals surface area contributed by atoms with Gasteiger partial charge >= 0.3 is 0 Å². The Hall–Kier alpha value is -17.7. The van der Waals surface area contributed by atoms with Gasteiger partial charge in [0.05, 0.1) is 17.1 Å². The van der Waals surface area contributed by atoms with E-state index >= 15 is 0 Å². The molecule has 140 heavy (non-hydrogen) atoms. The van der Waals surface area contributed by atoms with Crippen LogP contribution in [0.15, 0.2) is 534 Å². The van der Waals surface area contributed by atoms with Gasteiger partial charge in [0.25, 0.3) is 0 Å². The molecule has 664 valence electrons. The molecule has 0 aromatic heterocycles. The van der Waals surface area contributed by atoms with Gasteiger partial charge in [0, 0.05) is 78.2 Å². The molecule has 2 aliphatic rings. The van der Waals surface area contributed by atoms with Gasteiger partial charge in [0.15, 0.2) is 0 Å². The molecule has 4 heteroatoms. The van der Waals surface area contributed by atoms with Crippen LogP contribution in [0.2, 0.25) is 0 Å². The summed E-state index contributed by atoms with van der Waals surface area (Å²) in [6.45, 7) is 9.46. The van der Waals surface area contributed by atoms with Crippen molar-refractivity contribution in [2.75, 3.05) is 19.6 Å². The second-order valence-corrected chi connectivity index (χ2v) is 37.8. The summed E-state index contributed by atoms with van der Waals surface area (Å²) in [6.07, 6.45) is 0. The van der Waals surface area contributed by atoms with Crippen LogP contribution in [0.25, 0.3) is 143 Å². The predicted molar refractivity (Wildman–Crippen MR) is 595 cm³/mol. The first-order chi connectivity index (χ1) is 68.9. The molecule has 0 radical (unpaired) electrons. The Bertz CT molecular complexity index is 8340. The minimum absolute atomic E-state index is 0.147. The van der Waals surface area contributed by atoms with E-state index in [1.165, 1.54) is 155 Å². The Morgan fingerprint density at radius 2 is 0.364 bits per heavy atom. The Morgan fingerprint density at radius 1 is 0.136 bits per heavy atom. The third-order valence-electron chi connectivity index (χ3n) is 28.9. The number of hydrogen-bond acceptors (Lipinski definition) is 4. The van der Waals surface area contributed by atoms with Gasteiger partial charge in [-0.15, -0.1) is 0 Å². The highest BCUT2D eigenvalue weighted by Crippen LogP contribution is 2.56. The first kappa shape index (κ1) is 85.2. The molecule has 0 heterocycles. The van der Waals surface area contributed by atoms with E-state index in [0.29, 0.717) is 0 Å². The lowest BCUT2D eigenvalue weighted by atomic mass is 9.82. The van der Waals surface area contributed by atoms with Crippen molar-refractivity contribution in [3.05, 3.63) is 556 Å². The van der Waals surface area contributed by atoms with Crippen LogP contribution in [0, 0.1) is 0 Å². The Kier molecular flexibility index (Phi) is 22.0. The molecule has 4 nitrogen and oxygen atoms in total. The Labute approximate surface area is 819 Å². The molecule has 23 aromatic carbocycles. The van der Waals surface area contributed by atoms with Gasteiger partial charge < -0.3 is 19.6 Å². The number of nitrogens with zero attached hydrogens (tertiary/aromatic N) is 4. The second-order valence-electron chi connectivity index (χ2n) is 37.8. The smallest absolute Gasteiger partial charge is 0.0547 e. The van der Waals surface area contributed by atoms with Crippen LogP contribution in [0.4, 0.5) is 68.2 Å². The second kappa shape index (κ2) is 36.2. The molecule has 0 bridgehead atoms. The van der Waals surface area contributed by atoms with Crippen molar-refractivity contribution < 1.29 is 0 Å². The minimum Gasteiger partial charge on any atom is -0.311 e. The zero-order valence-corrected chi connectivity index (χ0v) is 78.6. The van der Waals surface area contributed by atoms with Crippen LogP contribution in [0.3, 0.4) is 0 Å². The first-order valence-electron chi connectivity index (χ1n) is 48.6. The van der Waals surface area contributed by atoms with Crippen LogP contribution in [-0.2, 0) is 10.8 Å². The highest BCUT2D eigenvalue weighted by molar-refractivity contribution is 6.21. The normalized spacial score (nSPS) is 12.4. The topological polar surface area (TPSA) is 13.0 Å². The van der Waals surface area contributed by atoms with E-state index in [-0.39, 0.29) is 10.8 Å². The molecule has 0 unspecified atom stereocenters. The van der Waals surface area contributed by atoms with E-state index in [4.69, 9.17) is 0 Å². The Morgan fingerprint density at radius 3 is 0.700 bits per heavy atom. The van der Waals surface area contributed by atoms with Crippen LogP contribution in [-0.4, -0.2) is 0 Å². The fraction of sp³-hybridized carbons (Fsp3) is 0.0441. The van der Waals surface area contributed by atoms with Crippen molar-refractivity contribution in [1.29, 1.82) is 0 Å². The zero-order valence-electron chi connectivity index (χ0n) is 78.6. The molecule has 2 aliphatic carbocycles. The molecule has 0 saturated heterocycles. The molecule has 0 fully saturated rings. The molecule has 25 rings (SSSR count). The third kappa shape index (κ3) is 15.7. The maximum atomic E-state index is 2.47. The monoisotopic (exact) mass is 1790 g/mol. The quantitative estimate of drug-likeness (QED) is 0.0748. The van der Waals surface area contributed by atoms with Gasteiger partial charge in [-0.2, -0.15) is 0 Å². The van der Waals surface area contributed by atoms with E-state index in [1.54, 1.807) is 0 Å². The Balaban J connectivity index is 0.000000152. The van der Waals surface area contributed by atoms with Crippen LogP contribution in [0.1, 0.15) is 49.9 Å². The summed E-state index contributed by atoms with van der Waals surface area (Å²) >= 11 is 0. The van der Waals surface area contributed by atoms with Crippen LogP contribution in [0.5, 0.6) is 0 Å². The number of fused-ring (bicyclic) bond motifs is 12. The van der Waals surface area contributed by atoms with Gasteiger partial charge in [-0.1, -0.05) is 434 Å². The summed E-state index contributed by atoms with van der Waals surface area (Å²) in [5.74, 6) is 0. The van der Waals surface area contributed by atoms with Gasteiger partial charge in [-0.25, -0.2) is 0 Å². The van der Waals surface area contributed by atoms with Crippen molar-refractivity contribution in [3.8, 4) is 100 Å². The van der Waals surface area contributed by atoms with E-state index in [1.807, 2.05) is 0 Å². The molecule has 0 aliphatic heterocycles. The van der Waals surface area contributed by atoms with E-state index in [2.05, 4.69) is 581 Å². The molecular formula is C136H100N4. The van der Waals surface area contributed by atoms with Gasteiger partial charge in [0.2, 0.25) is 0 Å². The highest BCUT2D eigenvalue weighted by atomic mass is 15.2. The highest BCUT2D eigenvalue weighted by Gasteiger charge is 2.38. The molecular weight excluding hydrogens is 1690 g/mol. The summed E-state index contributed by atoms with van der Waals surface area (Å²) in [5.41, 5.74) is 40.3. The number of anilines is 12. The largest absolute Gasteiger partial charge is 0.311 e. The molecule has 0 atom stereocenters. The number of hydrogen-bond donors (Lipinski definition) is 0. The SMILES string of the molecule is CC1(C)c2ccccc2-c2ccc(N(c3ccc(-c4ccccc4)cc3)c3ccc(-c4ccc(N(c5ccc(-c6ccccc6)cc5)c5ccc(-c6ccccc6)cc5)cc4)c4c3ccc3ccccc34)cc21.CC1(C)c2ccccc2-c2ccc(N(c3ccc(-c4ccccc4)cc3)c3ccc(N(c4ccc(-c5ccccc5)cc4)c4ccc(-c5ccccc5)cc4)c4c3ccc3ccccc34)cc21. The van der Waals surface area contributed by atoms with Crippen molar-refractivity contribution in [2.45, 2.75) is 38.5 Å². The average Bonchev–Trinajstić information content (AvgIpc) is 1.48. The summed E-state index contributed by atoms with van der Waals surface area (Å²) in [7, 11) is 0. The zero-order chi connectivity index (χ0) is 93.8. The molecule has 0 spiro atoms. The van der Waals surface area contributed by atoms with Crippen molar-refractivity contribution in [3.63, 3.8) is 0 Å². The summed E-state index contributed by atoms with van der Waals surface area (Å²) < 4.78 is 0. The van der Waals surface area contributed by atoms with Gasteiger partial charge in [-0.3, -0.25) is 0 Å². The van der Waals surface area contributed by atoms with E-state index in [9.17, 15) is 0 Å². The third-order valence-corrected chi connectivity index (χ3v) is 28.9. The summed E-state index contributed by atoms with van der Waals surface area (Å²) in [4.78, 5) is 9.75. The lowest BCUT2D eigenvalue weighted by Gasteiger charge is -2.32. The molecule has 0 saturated carbocycles. The molecule has 23 aromatic rings. The molecule has 0 N–H and O–H groups in total. The van der Waals surface area contributed by atoms with Crippen LogP contribution >= 0.6 is 0 Å². The lowest BCUT2D eigenvalue weighted by Crippen LogP contribution is -2.17.